The SMILES string of the molecule is O=C(NCCSc1ccccn1)N(Cc1ccccn1)C[C@@H]1CCCO1. The van der Waals surface area contributed by atoms with Crippen molar-refractivity contribution in [3.63, 3.8) is 0 Å². The van der Waals surface area contributed by atoms with Crippen LogP contribution in [-0.2, 0) is 11.3 Å². The number of urea groups is 1. The molecule has 0 spiro atoms. The van der Waals surface area contributed by atoms with Crippen LogP contribution in [0.1, 0.15) is 18.5 Å². The Morgan fingerprint density at radius 2 is 2.08 bits per heavy atom. The molecular weight excluding hydrogens is 348 g/mol. The second-order valence-electron chi connectivity index (χ2n) is 6.08. The van der Waals surface area contributed by atoms with Gasteiger partial charge in [0.2, 0.25) is 0 Å². The summed E-state index contributed by atoms with van der Waals surface area (Å²) in [6.45, 7) is 2.45. The third-order valence-corrected chi connectivity index (χ3v) is 5.03. The molecular formula is C19H24N4O2S. The molecule has 2 amide bonds. The first kappa shape index (κ1) is 18.7. The van der Waals surface area contributed by atoms with Crippen molar-refractivity contribution in [2.24, 2.45) is 0 Å². The molecule has 6 nitrogen and oxygen atoms in total. The van der Waals surface area contributed by atoms with Crippen LogP contribution in [0.2, 0.25) is 0 Å². The van der Waals surface area contributed by atoms with E-state index in [0.717, 1.165) is 35.9 Å². The average molecular weight is 372 g/mol. The van der Waals surface area contributed by atoms with Gasteiger partial charge in [0, 0.05) is 37.8 Å². The molecule has 0 saturated carbocycles. The van der Waals surface area contributed by atoms with Crippen molar-refractivity contribution in [3.8, 4) is 0 Å². The van der Waals surface area contributed by atoms with E-state index < -0.39 is 0 Å². The number of carbonyl (C=O) groups is 1. The summed E-state index contributed by atoms with van der Waals surface area (Å²) in [7, 11) is 0. The van der Waals surface area contributed by atoms with Crippen LogP contribution in [0.4, 0.5) is 4.79 Å². The number of thioether (sulfide) groups is 1. The van der Waals surface area contributed by atoms with Crippen molar-refractivity contribution in [3.05, 3.63) is 54.5 Å². The summed E-state index contributed by atoms with van der Waals surface area (Å²) in [5.41, 5.74) is 0.878. The highest BCUT2D eigenvalue weighted by atomic mass is 32.2. The normalized spacial score (nSPS) is 16.4. The minimum absolute atomic E-state index is 0.0761. The second kappa shape index (κ2) is 10.1. The number of rotatable bonds is 8. The molecule has 2 aromatic rings. The number of amides is 2. The zero-order valence-electron chi connectivity index (χ0n) is 14.7. The molecule has 0 unspecified atom stereocenters. The minimum Gasteiger partial charge on any atom is -0.376 e. The van der Waals surface area contributed by atoms with Crippen molar-refractivity contribution in [2.75, 3.05) is 25.4 Å². The molecule has 0 aromatic carbocycles. The van der Waals surface area contributed by atoms with E-state index in [1.54, 1.807) is 29.1 Å². The van der Waals surface area contributed by atoms with Gasteiger partial charge in [-0.05, 0) is 37.1 Å². The van der Waals surface area contributed by atoms with E-state index in [1.807, 2.05) is 36.4 Å². The monoisotopic (exact) mass is 372 g/mol. The van der Waals surface area contributed by atoms with Gasteiger partial charge in [-0.25, -0.2) is 9.78 Å². The highest BCUT2D eigenvalue weighted by Gasteiger charge is 2.22. The fourth-order valence-electron chi connectivity index (χ4n) is 2.80. The van der Waals surface area contributed by atoms with E-state index in [0.29, 0.717) is 19.6 Å². The van der Waals surface area contributed by atoms with Crippen molar-refractivity contribution >= 4 is 17.8 Å². The number of carbonyl (C=O) groups excluding carboxylic acids is 1. The molecule has 1 saturated heterocycles. The zero-order valence-corrected chi connectivity index (χ0v) is 15.5. The lowest BCUT2D eigenvalue weighted by molar-refractivity contribution is 0.0793. The van der Waals surface area contributed by atoms with Crippen LogP contribution < -0.4 is 5.32 Å². The van der Waals surface area contributed by atoms with Gasteiger partial charge in [-0.15, -0.1) is 11.8 Å². The largest absolute Gasteiger partial charge is 0.376 e. The fraction of sp³-hybridized carbons (Fsp3) is 0.421. The Hall–Kier alpha value is -2.12. The van der Waals surface area contributed by atoms with Crippen molar-refractivity contribution in [1.82, 2.24) is 20.2 Å². The second-order valence-corrected chi connectivity index (χ2v) is 7.20. The molecule has 0 bridgehead atoms. The number of hydrogen-bond donors (Lipinski definition) is 1. The molecule has 1 aliphatic rings. The maximum atomic E-state index is 12.7. The number of nitrogens with zero attached hydrogens (tertiary/aromatic N) is 3. The predicted octanol–water partition coefficient (Wildman–Crippen LogP) is 2.96. The Bertz CT molecular complexity index is 666. The highest BCUT2D eigenvalue weighted by Crippen LogP contribution is 2.15. The van der Waals surface area contributed by atoms with Gasteiger partial charge in [-0.3, -0.25) is 4.98 Å². The number of nitrogens with one attached hydrogen (secondary N) is 1. The van der Waals surface area contributed by atoms with Gasteiger partial charge in [0.15, 0.2) is 0 Å². The van der Waals surface area contributed by atoms with Gasteiger partial charge in [0.1, 0.15) is 0 Å². The van der Waals surface area contributed by atoms with Crippen LogP contribution in [-0.4, -0.2) is 52.5 Å². The third kappa shape index (κ3) is 6.00. The first-order valence-corrected chi connectivity index (χ1v) is 9.88. The van der Waals surface area contributed by atoms with Gasteiger partial charge in [-0.2, -0.15) is 0 Å². The molecule has 3 rings (SSSR count). The van der Waals surface area contributed by atoms with E-state index >= 15 is 0 Å². The lowest BCUT2D eigenvalue weighted by atomic mass is 10.2. The summed E-state index contributed by atoms with van der Waals surface area (Å²) in [6, 6.07) is 11.5. The Balaban J connectivity index is 1.50. The predicted molar refractivity (Wildman–Crippen MR) is 102 cm³/mol. The summed E-state index contributed by atoms with van der Waals surface area (Å²) < 4.78 is 5.70. The molecule has 1 N–H and O–H groups in total. The average Bonchev–Trinajstić information content (AvgIpc) is 3.19. The summed E-state index contributed by atoms with van der Waals surface area (Å²) in [4.78, 5) is 23.1. The molecule has 0 aliphatic carbocycles. The standard InChI is InChI=1S/C19H24N4O2S/c24-19(22-11-13-26-18-8-2-4-10-21-18)23(15-17-7-5-12-25-17)14-16-6-1-3-9-20-16/h1-4,6,8-10,17H,5,7,11-15H2,(H,22,24)/t17-/m0/s1. The minimum atomic E-state index is -0.0761. The van der Waals surface area contributed by atoms with Gasteiger partial charge >= 0.3 is 6.03 Å². The van der Waals surface area contributed by atoms with Gasteiger partial charge in [0.25, 0.3) is 0 Å². The van der Waals surface area contributed by atoms with E-state index in [2.05, 4.69) is 15.3 Å². The van der Waals surface area contributed by atoms with Crippen molar-refractivity contribution in [1.29, 1.82) is 0 Å². The quantitative estimate of drug-likeness (QED) is 0.570. The molecule has 26 heavy (non-hydrogen) atoms. The fourth-order valence-corrected chi connectivity index (χ4v) is 3.52. The summed E-state index contributed by atoms with van der Waals surface area (Å²) in [6.07, 6.45) is 5.71. The van der Waals surface area contributed by atoms with Crippen LogP contribution in [0.5, 0.6) is 0 Å². The maximum Gasteiger partial charge on any atom is 0.317 e. The Morgan fingerprint density at radius 3 is 2.77 bits per heavy atom. The first-order valence-electron chi connectivity index (χ1n) is 8.89. The van der Waals surface area contributed by atoms with Crippen LogP contribution >= 0.6 is 11.8 Å². The van der Waals surface area contributed by atoms with Gasteiger partial charge in [-0.1, -0.05) is 12.1 Å². The van der Waals surface area contributed by atoms with Crippen LogP contribution in [0, 0.1) is 0 Å². The first-order chi connectivity index (χ1) is 12.8. The third-order valence-electron chi connectivity index (χ3n) is 4.08. The Labute approximate surface area is 158 Å². The summed E-state index contributed by atoms with van der Waals surface area (Å²) in [5.74, 6) is 0.778. The Kier molecular flexibility index (Phi) is 7.27. The van der Waals surface area contributed by atoms with E-state index in [-0.39, 0.29) is 12.1 Å². The van der Waals surface area contributed by atoms with Crippen LogP contribution in [0.25, 0.3) is 0 Å². The van der Waals surface area contributed by atoms with Crippen molar-refractivity contribution < 1.29 is 9.53 Å². The smallest absolute Gasteiger partial charge is 0.317 e. The summed E-state index contributed by atoms with van der Waals surface area (Å²) in [5, 5.41) is 3.97. The molecule has 1 atom stereocenters. The van der Waals surface area contributed by atoms with Gasteiger partial charge < -0.3 is 15.0 Å². The Morgan fingerprint density at radius 1 is 1.23 bits per heavy atom. The van der Waals surface area contributed by atoms with Gasteiger partial charge in [0.05, 0.1) is 23.4 Å². The van der Waals surface area contributed by atoms with E-state index in [4.69, 9.17) is 4.74 Å². The number of ether oxygens (including phenoxy) is 1. The molecule has 3 heterocycles. The molecule has 2 aromatic heterocycles. The van der Waals surface area contributed by atoms with E-state index in [9.17, 15) is 4.79 Å². The molecule has 7 heteroatoms. The zero-order chi connectivity index (χ0) is 18.0. The lowest BCUT2D eigenvalue weighted by Crippen LogP contribution is -2.44. The number of hydrogen-bond acceptors (Lipinski definition) is 5. The topological polar surface area (TPSA) is 67.4 Å². The number of aromatic nitrogens is 2. The van der Waals surface area contributed by atoms with E-state index in [1.165, 1.54) is 0 Å². The molecule has 1 fully saturated rings. The van der Waals surface area contributed by atoms with Crippen LogP contribution in [0.3, 0.4) is 0 Å². The maximum absolute atomic E-state index is 12.7. The summed E-state index contributed by atoms with van der Waals surface area (Å²) >= 11 is 1.63. The molecule has 138 valence electrons. The number of pyridine rings is 2. The molecule has 1 aliphatic heterocycles. The molecule has 0 radical (unpaired) electrons. The lowest BCUT2D eigenvalue weighted by Gasteiger charge is -2.25. The van der Waals surface area contributed by atoms with Crippen molar-refractivity contribution in [2.45, 2.75) is 30.5 Å². The highest BCUT2D eigenvalue weighted by molar-refractivity contribution is 7.99. The van der Waals surface area contributed by atoms with Crippen LogP contribution in [0.15, 0.2) is 53.8 Å².